The van der Waals surface area contributed by atoms with Crippen LogP contribution >= 0.6 is 0 Å². The van der Waals surface area contributed by atoms with E-state index in [1.807, 2.05) is 0 Å². The van der Waals surface area contributed by atoms with Gasteiger partial charge in [0.15, 0.2) is 0 Å². The second-order valence-electron chi connectivity index (χ2n) is 5.10. The van der Waals surface area contributed by atoms with Crippen molar-refractivity contribution in [3.63, 3.8) is 0 Å². The summed E-state index contributed by atoms with van der Waals surface area (Å²) in [5.41, 5.74) is 5.70. The van der Waals surface area contributed by atoms with E-state index in [1.165, 1.54) is 45.1 Å². The second-order valence-corrected chi connectivity index (χ2v) is 5.10. The highest BCUT2D eigenvalue weighted by Gasteiger charge is 2.23. The smallest absolute Gasteiger partial charge is 0.0108 e. The molecule has 1 aliphatic rings. The largest absolute Gasteiger partial charge is 0.329 e. The molecule has 0 aromatic carbocycles. The van der Waals surface area contributed by atoms with Crippen LogP contribution in [0.3, 0.4) is 0 Å². The van der Waals surface area contributed by atoms with Gasteiger partial charge in [-0.1, -0.05) is 33.1 Å². The first-order valence-electron chi connectivity index (χ1n) is 6.72. The third kappa shape index (κ3) is 4.52. The van der Waals surface area contributed by atoms with E-state index >= 15 is 0 Å². The van der Waals surface area contributed by atoms with Gasteiger partial charge in [-0.2, -0.15) is 0 Å². The fourth-order valence-corrected chi connectivity index (χ4v) is 2.74. The van der Waals surface area contributed by atoms with Gasteiger partial charge in [0, 0.05) is 19.1 Å². The molecule has 0 aliphatic heterocycles. The van der Waals surface area contributed by atoms with Crippen LogP contribution in [0.15, 0.2) is 0 Å². The molecule has 1 saturated carbocycles. The minimum atomic E-state index is 0.814. The predicted octanol–water partition coefficient (Wildman–Crippen LogP) is 2.63. The average Bonchev–Trinajstić information content (AvgIpc) is 2.24. The maximum absolute atomic E-state index is 5.70. The summed E-state index contributed by atoms with van der Waals surface area (Å²) in [5, 5.41) is 0. The van der Waals surface area contributed by atoms with Gasteiger partial charge in [0.1, 0.15) is 0 Å². The Morgan fingerprint density at radius 3 is 2.67 bits per heavy atom. The topological polar surface area (TPSA) is 29.3 Å². The molecule has 2 unspecified atom stereocenters. The Morgan fingerprint density at radius 2 is 2.07 bits per heavy atom. The quantitative estimate of drug-likeness (QED) is 0.733. The van der Waals surface area contributed by atoms with Crippen molar-refractivity contribution in [2.24, 2.45) is 11.7 Å². The first-order valence-corrected chi connectivity index (χ1v) is 6.72. The minimum absolute atomic E-state index is 0.814. The van der Waals surface area contributed by atoms with E-state index in [9.17, 15) is 0 Å². The molecule has 1 fully saturated rings. The molecule has 0 heterocycles. The molecule has 0 aromatic heterocycles. The van der Waals surface area contributed by atoms with Gasteiger partial charge in [-0.25, -0.2) is 0 Å². The van der Waals surface area contributed by atoms with E-state index in [0.717, 1.165) is 25.0 Å². The van der Waals surface area contributed by atoms with Gasteiger partial charge < -0.3 is 5.73 Å². The number of unbranched alkanes of at least 4 members (excludes halogenated alkanes) is 1. The molecule has 2 nitrogen and oxygen atoms in total. The van der Waals surface area contributed by atoms with Gasteiger partial charge >= 0.3 is 0 Å². The fraction of sp³-hybridized carbons (Fsp3) is 1.00. The monoisotopic (exact) mass is 212 g/mol. The molecule has 0 bridgehead atoms. The van der Waals surface area contributed by atoms with Crippen molar-refractivity contribution < 1.29 is 0 Å². The molecular weight excluding hydrogens is 184 g/mol. The summed E-state index contributed by atoms with van der Waals surface area (Å²) >= 11 is 0. The molecule has 90 valence electrons. The van der Waals surface area contributed by atoms with Crippen molar-refractivity contribution in [1.29, 1.82) is 0 Å². The molecule has 0 amide bonds. The van der Waals surface area contributed by atoms with Crippen molar-refractivity contribution in [1.82, 2.24) is 4.90 Å². The zero-order valence-electron chi connectivity index (χ0n) is 10.5. The first kappa shape index (κ1) is 13.0. The molecular formula is C13H28N2. The molecule has 1 rings (SSSR count). The lowest BCUT2D eigenvalue weighted by Crippen LogP contribution is -2.41. The normalized spacial score (nSPS) is 27.2. The molecule has 0 saturated heterocycles. The minimum Gasteiger partial charge on any atom is -0.329 e. The van der Waals surface area contributed by atoms with Crippen molar-refractivity contribution in [3.05, 3.63) is 0 Å². The maximum atomic E-state index is 5.70. The van der Waals surface area contributed by atoms with Crippen molar-refractivity contribution in [2.45, 2.75) is 58.4 Å². The number of hydrogen-bond acceptors (Lipinski definition) is 2. The van der Waals surface area contributed by atoms with Gasteiger partial charge in [-0.15, -0.1) is 0 Å². The zero-order valence-corrected chi connectivity index (χ0v) is 10.5. The standard InChI is InChI=1S/C13H28N2/c1-3-4-9-15(10-8-14)13-7-5-6-12(2)11-13/h12-13H,3-11,14H2,1-2H3. The Bertz CT molecular complexity index is 159. The van der Waals surface area contributed by atoms with Crippen molar-refractivity contribution in [3.8, 4) is 0 Å². The van der Waals surface area contributed by atoms with Crippen LogP contribution in [0, 0.1) is 5.92 Å². The number of rotatable bonds is 6. The van der Waals surface area contributed by atoms with Crippen LogP contribution in [0.4, 0.5) is 0 Å². The van der Waals surface area contributed by atoms with Crippen LogP contribution in [0.25, 0.3) is 0 Å². The second kappa shape index (κ2) is 7.24. The molecule has 15 heavy (non-hydrogen) atoms. The van der Waals surface area contributed by atoms with Crippen LogP contribution in [0.5, 0.6) is 0 Å². The lowest BCUT2D eigenvalue weighted by molar-refractivity contribution is 0.136. The third-order valence-electron chi connectivity index (χ3n) is 3.64. The summed E-state index contributed by atoms with van der Waals surface area (Å²) in [4.78, 5) is 2.64. The predicted molar refractivity (Wildman–Crippen MR) is 67.0 cm³/mol. The average molecular weight is 212 g/mol. The summed E-state index contributed by atoms with van der Waals surface area (Å²) in [6, 6.07) is 0.823. The Hall–Kier alpha value is -0.0800. The molecule has 2 atom stereocenters. The zero-order chi connectivity index (χ0) is 11.1. The van der Waals surface area contributed by atoms with Gasteiger partial charge in [-0.05, 0) is 31.7 Å². The van der Waals surface area contributed by atoms with Crippen molar-refractivity contribution >= 4 is 0 Å². The van der Waals surface area contributed by atoms with E-state index in [2.05, 4.69) is 18.7 Å². The third-order valence-corrected chi connectivity index (χ3v) is 3.64. The van der Waals surface area contributed by atoms with Crippen LogP contribution in [0.1, 0.15) is 52.4 Å². The first-order chi connectivity index (χ1) is 7.27. The molecule has 0 aromatic rings. The SMILES string of the molecule is CCCCN(CCN)C1CCCC(C)C1. The summed E-state index contributed by atoms with van der Waals surface area (Å²) in [6.45, 7) is 7.83. The highest BCUT2D eigenvalue weighted by molar-refractivity contribution is 4.79. The van der Waals surface area contributed by atoms with Crippen LogP contribution in [-0.4, -0.2) is 30.6 Å². The van der Waals surface area contributed by atoms with Gasteiger partial charge in [0.2, 0.25) is 0 Å². The molecule has 2 heteroatoms. The lowest BCUT2D eigenvalue weighted by Gasteiger charge is -2.36. The Balaban J connectivity index is 2.38. The van der Waals surface area contributed by atoms with Gasteiger partial charge in [0.25, 0.3) is 0 Å². The Labute approximate surface area is 95.2 Å². The highest BCUT2D eigenvalue weighted by Crippen LogP contribution is 2.27. The van der Waals surface area contributed by atoms with E-state index in [0.29, 0.717) is 0 Å². The van der Waals surface area contributed by atoms with E-state index in [1.54, 1.807) is 0 Å². The molecule has 0 radical (unpaired) electrons. The van der Waals surface area contributed by atoms with Crippen LogP contribution < -0.4 is 5.73 Å². The summed E-state index contributed by atoms with van der Waals surface area (Å²) in [6.07, 6.45) is 8.26. The van der Waals surface area contributed by atoms with E-state index in [4.69, 9.17) is 5.73 Å². The molecule has 0 spiro atoms. The molecule has 1 aliphatic carbocycles. The highest BCUT2D eigenvalue weighted by atomic mass is 15.2. The van der Waals surface area contributed by atoms with E-state index < -0.39 is 0 Å². The number of nitrogens with zero attached hydrogens (tertiary/aromatic N) is 1. The van der Waals surface area contributed by atoms with Gasteiger partial charge in [-0.3, -0.25) is 4.90 Å². The van der Waals surface area contributed by atoms with E-state index in [-0.39, 0.29) is 0 Å². The fourth-order valence-electron chi connectivity index (χ4n) is 2.74. The summed E-state index contributed by atoms with van der Waals surface area (Å²) in [7, 11) is 0. The summed E-state index contributed by atoms with van der Waals surface area (Å²) in [5.74, 6) is 0.922. The molecule has 2 N–H and O–H groups in total. The van der Waals surface area contributed by atoms with Crippen molar-refractivity contribution in [2.75, 3.05) is 19.6 Å². The van der Waals surface area contributed by atoms with Crippen LogP contribution in [-0.2, 0) is 0 Å². The number of nitrogens with two attached hydrogens (primary N) is 1. The lowest BCUT2D eigenvalue weighted by atomic mass is 9.86. The van der Waals surface area contributed by atoms with Crippen LogP contribution in [0.2, 0.25) is 0 Å². The number of hydrogen-bond donors (Lipinski definition) is 1. The Kier molecular flexibility index (Phi) is 6.26. The van der Waals surface area contributed by atoms with Gasteiger partial charge in [0.05, 0.1) is 0 Å². The maximum Gasteiger partial charge on any atom is 0.0108 e. The summed E-state index contributed by atoms with van der Waals surface area (Å²) < 4.78 is 0. The Morgan fingerprint density at radius 1 is 1.27 bits per heavy atom.